The highest BCUT2D eigenvalue weighted by molar-refractivity contribution is 9.10. The number of fused-ring (bicyclic) bond motifs is 1. The van der Waals surface area contributed by atoms with Gasteiger partial charge in [-0.05, 0) is 24.3 Å². The molecule has 28 heavy (non-hydrogen) atoms. The first-order chi connectivity index (χ1) is 13.3. The number of nitro benzene ring substituents is 1. The van der Waals surface area contributed by atoms with E-state index in [0.29, 0.717) is 11.1 Å². The second kappa shape index (κ2) is 7.96. The molecule has 2 aromatic carbocycles. The molecular formula is C17H12BrN5O5. The number of carbonyl (C=O) groups is 2. The van der Waals surface area contributed by atoms with Crippen molar-refractivity contribution in [2.45, 2.75) is 0 Å². The maximum absolute atomic E-state index is 12.0. The first-order valence-electron chi connectivity index (χ1n) is 7.82. The van der Waals surface area contributed by atoms with Crippen LogP contribution in [0, 0.1) is 10.1 Å². The summed E-state index contributed by atoms with van der Waals surface area (Å²) in [7, 11) is 0. The summed E-state index contributed by atoms with van der Waals surface area (Å²) in [6.45, 7) is -0.405. The number of nitro groups is 1. The van der Waals surface area contributed by atoms with Crippen molar-refractivity contribution < 1.29 is 19.6 Å². The number of nitrogens with zero attached hydrogens (tertiary/aromatic N) is 3. The lowest BCUT2D eigenvalue weighted by Crippen LogP contribution is -2.28. The first kappa shape index (κ1) is 19.2. The highest BCUT2D eigenvalue weighted by Gasteiger charge is 2.15. The monoisotopic (exact) mass is 445 g/mol. The molecule has 3 rings (SSSR count). The summed E-state index contributed by atoms with van der Waals surface area (Å²) in [4.78, 5) is 36.8. The van der Waals surface area contributed by atoms with E-state index < -0.39 is 23.3 Å². The summed E-state index contributed by atoms with van der Waals surface area (Å²) >= 11 is 3.25. The minimum Gasteiger partial charge on any atom is -0.493 e. The molecule has 0 aliphatic rings. The molecule has 0 aliphatic carbocycles. The van der Waals surface area contributed by atoms with Crippen LogP contribution in [0.25, 0.3) is 10.9 Å². The fraction of sp³-hybridized carbons (Fsp3) is 0.0588. The Balaban J connectivity index is 1.72. The van der Waals surface area contributed by atoms with Crippen molar-refractivity contribution >= 4 is 50.0 Å². The van der Waals surface area contributed by atoms with Crippen molar-refractivity contribution in [1.29, 1.82) is 0 Å². The zero-order valence-electron chi connectivity index (χ0n) is 14.0. The average molecular weight is 446 g/mol. The minimum atomic E-state index is -0.762. The number of rotatable bonds is 5. The number of halogens is 1. The number of non-ortho nitro benzene ring substituents is 1. The molecule has 0 unspecified atom stereocenters. The number of aromatic hydroxyl groups is 1. The Morgan fingerprint density at radius 1 is 1.25 bits per heavy atom. The van der Waals surface area contributed by atoms with Crippen LogP contribution in [0.15, 0.2) is 57.2 Å². The van der Waals surface area contributed by atoms with Gasteiger partial charge < -0.3 is 15.4 Å². The van der Waals surface area contributed by atoms with Gasteiger partial charge in [0.2, 0.25) is 5.88 Å². The third kappa shape index (κ3) is 4.20. The number of hydrogen-bond donors (Lipinski definition) is 3. The number of benzene rings is 2. The number of H-pyrrole nitrogens is 1. The lowest BCUT2D eigenvalue weighted by molar-refractivity contribution is -0.384. The molecule has 0 radical (unpaired) electrons. The number of aromatic nitrogens is 1. The molecule has 10 nitrogen and oxygen atoms in total. The van der Waals surface area contributed by atoms with Gasteiger partial charge in [-0.15, -0.1) is 10.2 Å². The lowest BCUT2D eigenvalue weighted by Gasteiger charge is -2.02. The van der Waals surface area contributed by atoms with Crippen LogP contribution in [0.5, 0.6) is 5.88 Å². The maximum atomic E-state index is 12.0. The second-order valence-electron chi connectivity index (χ2n) is 5.60. The molecule has 0 spiro atoms. The Bertz CT molecular complexity index is 1120. The van der Waals surface area contributed by atoms with E-state index in [1.54, 1.807) is 24.3 Å². The SMILES string of the molecule is O=C(CNC(=O)c1cccc(Br)c1)N=Nc1c(O)[nH]c2ccc([N+](=O)[O-])cc12. The van der Waals surface area contributed by atoms with Gasteiger partial charge in [-0.3, -0.25) is 19.7 Å². The van der Waals surface area contributed by atoms with Gasteiger partial charge in [0.1, 0.15) is 6.54 Å². The Morgan fingerprint density at radius 2 is 2.04 bits per heavy atom. The van der Waals surface area contributed by atoms with E-state index in [9.17, 15) is 24.8 Å². The second-order valence-corrected chi connectivity index (χ2v) is 6.51. The van der Waals surface area contributed by atoms with E-state index in [0.717, 1.165) is 4.47 Å². The summed E-state index contributed by atoms with van der Waals surface area (Å²) in [5, 5.41) is 30.6. The fourth-order valence-corrected chi connectivity index (χ4v) is 2.79. The van der Waals surface area contributed by atoms with Gasteiger partial charge in [-0.1, -0.05) is 22.0 Å². The molecule has 0 bridgehead atoms. The third-order valence-corrected chi connectivity index (χ3v) is 4.19. The number of azo groups is 1. The molecule has 0 atom stereocenters. The van der Waals surface area contributed by atoms with Crippen molar-refractivity contribution in [3.63, 3.8) is 0 Å². The molecule has 3 N–H and O–H groups in total. The molecule has 0 saturated heterocycles. The van der Waals surface area contributed by atoms with Crippen molar-refractivity contribution in [2.24, 2.45) is 10.2 Å². The molecule has 1 aromatic heterocycles. The van der Waals surface area contributed by atoms with Gasteiger partial charge in [0, 0.05) is 27.6 Å². The van der Waals surface area contributed by atoms with Crippen molar-refractivity contribution in [3.05, 3.63) is 62.6 Å². The number of aromatic amines is 1. The summed E-state index contributed by atoms with van der Waals surface area (Å²) in [5.41, 5.74) is 0.453. The van der Waals surface area contributed by atoms with Gasteiger partial charge in [-0.2, -0.15) is 0 Å². The third-order valence-electron chi connectivity index (χ3n) is 3.69. The standard InChI is InChI=1S/C17H12BrN5O5/c18-10-3-1-2-9(6-10)16(25)19-8-14(24)21-22-15-12-7-11(23(27)28)4-5-13(12)20-17(15)26/h1-7,20,26H,8H2,(H,19,25). The molecule has 3 aromatic rings. The number of amides is 2. The molecule has 0 aliphatic heterocycles. The van der Waals surface area contributed by atoms with Gasteiger partial charge >= 0.3 is 0 Å². The predicted octanol–water partition coefficient (Wildman–Crippen LogP) is 3.58. The van der Waals surface area contributed by atoms with E-state index in [2.05, 4.69) is 36.5 Å². The highest BCUT2D eigenvalue weighted by atomic mass is 79.9. The van der Waals surface area contributed by atoms with Crippen LogP contribution >= 0.6 is 15.9 Å². The molecule has 11 heteroatoms. The van der Waals surface area contributed by atoms with Crippen molar-refractivity contribution in [3.8, 4) is 5.88 Å². The largest absolute Gasteiger partial charge is 0.493 e. The first-order valence-corrected chi connectivity index (χ1v) is 8.62. The van der Waals surface area contributed by atoms with Crippen LogP contribution in [-0.4, -0.2) is 33.4 Å². The van der Waals surface area contributed by atoms with Crippen LogP contribution in [0.2, 0.25) is 0 Å². The van der Waals surface area contributed by atoms with Crippen LogP contribution < -0.4 is 5.32 Å². The minimum absolute atomic E-state index is 0.106. The number of carbonyl (C=O) groups excluding carboxylic acids is 2. The number of nitrogens with one attached hydrogen (secondary N) is 2. The fourth-order valence-electron chi connectivity index (χ4n) is 2.40. The predicted molar refractivity (Wildman–Crippen MR) is 103 cm³/mol. The van der Waals surface area contributed by atoms with Crippen LogP contribution in [0.4, 0.5) is 11.4 Å². The van der Waals surface area contributed by atoms with E-state index in [1.807, 2.05) is 0 Å². The Kier molecular flexibility index (Phi) is 5.45. The molecule has 1 heterocycles. The average Bonchev–Trinajstić information content (AvgIpc) is 2.98. The zero-order valence-corrected chi connectivity index (χ0v) is 15.6. The summed E-state index contributed by atoms with van der Waals surface area (Å²) < 4.78 is 0.718. The number of hydrogen-bond acceptors (Lipinski definition) is 6. The van der Waals surface area contributed by atoms with Crippen LogP contribution in [-0.2, 0) is 4.79 Å². The summed E-state index contributed by atoms with van der Waals surface area (Å²) in [5.74, 6) is -1.61. The van der Waals surface area contributed by atoms with Gasteiger partial charge in [0.25, 0.3) is 17.5 Å². The van der Waals surface area contributed by atoms with Gasteiger partial charge in [-0.25, -0.2) is 0 Å². The Morgan fingerprint density at radius 3 is 2.75 bits per heavy atom. The zero-order chi connectivity index (χ0) is 20.3. The Hall–Kier alpha value is -3.60. The van der Waals surface area contributed by atoms with Gasteiger partial charge in [0.15, 0.2) is 5.69 Å². The van der Waals surface area contributed by atoms with E-state index >= 15 is 0 Å². The maximum Gasteiger partial charge on any atom is 0.283 e. The lowest BCUT2D eigenvalue weighted by atomic mass is 10.2. The van der Waals surface area contributed by atoms with Crippen molar-refractivity contribution in [1.82, 2.24) is 10.3 Å². The van der Waals surface area contributed by atoms with E-state index in [4.69, 9.17) is 0 Å². The van der Waals surface area contributed by atoms with Crippen molar-refractivity contribution in [2.75, 3.05) is 6.54 Å². The van der Waals surface area contributed by atoms with Crippen LogP contribution in [0.1, 0.15) is 10.4 Å². The smallest absolute Gasteiger partial charge is 0.283 e. The Labute approximate surface area is 165 Å². The normalized spacial score (nSPS) is 11.0. The van der Waals surface area contributed by atoms with Crippen LogP contribution in [0.3, 0.4) is 0 Å². The summed E-state index contributed by atoms with van der Waals surface area (Å²) in [6, 6.07) is 10.5. The molecule has 0 saturated carbocycles. The molecular weight excluding hydrogens is 434 g/mol. The topological polar surface area (TPSA) is 150 Å². The molecule has 2 amide bonds. The summed E-state index contributed by atoms with van der Waals surface area (Å²) in [6.07, 6.45) is 0. The van der Waals surface area contributed by atoms with E-state index in [1.165, 1.54) is 18.2 Å². The quantitative estimate of drug-likeness (QED) is 0.311. The highest BCUT2D eigenvalue weighted by Crippen LogP contribution is 2.37. The molecule has 142 valence electrons. The molecule has 0 fully saturated rings. The van der Waals surface area contributed by atoms with Gasteiger partial charge in [0.05, 0.1) is 10.4 Å². The van der Waals surface area contributed by atoms with E-state index in [-0.39, 0.29) is 22.6 Å².